The number of hydrogen-bond donors (Lipinski definition) is 1. The summed E-state index contributed by atoms with van der Waals surface area (Å²) >= 11 is 1.67. The van der Waals surface area contributed by atoms with Gasteiger partial charge < -0.3 is 5.32 Å². The largest absolute Gasteiger partial charge is 0.370 e. The lowest BCUT2D eigenvalue weighted by molar-refractivity contribution is 0.626. The minimum Gasteiger partial charge on any atom is -0.370 e. The average molecular weight is 262 g/mol. The van der Waals surface area contributed by atoms with Crippen molar-refractivity contribution in [2.45, 2.75) is 17.6 Å². The highest BCUT2D eigenvalue weighted by molar-refractivity contribution is 7.98. The first-order valence-electron chi connectivity index (χ1n) is 5.85. The zero-order valence-corrected chi connectivity index (χ0v) is 11.0. The smallest absolute Gasteiger partial charge is 0.125 e. The minimum absolute atomic E-state index is 0.198. The third-order valence-electron chi connectivity index (χ3n) is 2.40. The molecule has 0 fully saturated rings. The number of halogens is 1. The first kappa shape index (κ1) is 12.9. The Morgan fingerprint density at radius 2 is 1.94 bits per heavy atom. The maximum Gasteiger partial charge on any atom is 0.125 e. The zero-order valence-electron chi connectivity index (χ0n) is 10.2. The predicted octanol–water partition coefficient (Wildman–Crippen LogP) is 3.94. The van der Waals surface area contributed by atoms with Crippen LogP contribution in [0.3, 0.4) is 0 Å². The number of thioether (sulfide) groups is 1. The van der Waals surface area contributed by atoms with Gasteiger partial charge in [0.2, 0.25) is 0 Å². The van der Waals surface area contributed by atoms with Crippen LogP contribution in [0.5, 0.6) is 0 Å². The molecule has 0 saturated heterocycles. The standard InChI is InChI=1S/C14H15FN2S/c1-2-16-14-8-3-11(9-17-14)10-18-13-6-4-12(15)5-7-13/h3-9H,2,10H2,1H3,(H,16,17). The molecule has 2 aromatic rings. The monoisotopic (exact) mass is 262 g/mol. The van der Waals surface area contributed by atoms with Gasteiger partial charge in [-0.1, -0.05) is 6.07 Å². The molecule has 18 heavy (non-hydrogen) atoms. The van der Waals surface area contributed by atoms with Crippen LogP contribution in [-0.4, -0.2) is 11.5 Å². The van der Waals surface area contributed by atoms with E-state index in [9.17, 15) is 4.39 Å². The molecular weight excluding hydrogens is 247 g/mol. The Labute approximate surface area is 111 Å². The van der Waals surface area contributed by atoms with Gasteiger partial charge in [0, 0.05) is 23.4 Å². The van der Waals surface area contributed by atoms with Crippen molar-refractivity contribution in [2.24, 2.45) is 0 Å². The first-order valence-corrected chi connectivity index (χ1v) is 6.83. The van der Waals surface area contributed by atoms with E-state index in [-0.39, 0.29) is 5.82 Å². The van der Waals surface area contributed by atoms with Crippen molar-refractivity contribution in [3.63, 3.8) is 0 Å². The Bertz CT molecular complexity index is 482. The Balaban J connectivity index is 1.91. The number of hydrogen-bond acceptors (Lipinski definition) is 3. The van der Waals surface area contributed by atoms with Crippen molar-refractivity contribution in [3.8, 4) is 0 Å². The molecular formula is C14H15FN2S. The summed E-state index contributed by atoms with van der Waals surface area (Å²) < 4.78 is 12.7. The molecule has 0 unspecified atom stereocenters. The van der Waals surface area contributed by atoms with Gasteiger partial charge >= 0.3 is 0 Å². The summed E-state index contributed by atoms with van der Waals surface area (Å²) in [5, 5.41) is 3.16. The Hall–Kier alpha value is -1.55. The summed E-state index contributed by atoms with van der Waals surface area (Å²) in [5.41, 5.74) is 1.16. The summed E-state index contributed by atoms with van der Waals surface area (Å²) in [6, 6.07) is 10.6. The maximum absolute atomic E-state index is 12.7. The lowest BCUT2D eigenvalue weighted by atomic mass is 10.3. The second-order valence-electron chi connectivity index (χ2n) is 3.82. The molecule has 1 aromatic carbocycles. The Morgan fingerprint density at radius 1 is 1.17 bits per heavy atom. The summed E-state index contributed by atoms with van der Waals surface area (Å²) in [5.74, 6) is 1.54. The molecule has 1 aromatic heterocycles. The molecule has 0 aliphatic heterocycles. The first-order chi connectivity index (χ1) is 8.78. The fourth-order valence-electron chi connectivity index (χ4n) is 1.49. The van der Waals surface area contributed by atoms with Gasteiger partial charge in [-0.05, 0) is 42.8 Å². The average Bonchev–Trinajstić information content (AvgIpc) is 2.40. The molecule has 0 radical (unpaired) electrons. The number of aromatic nitrogens is 1. The van der Waals surface area contributed by atoms with E-state index in [0.29, 0.717) is 0 Å². The lowest BCUT2D eigenvalue weighted by Gasteiger charge is -2.04. The van der Waals surface area contributed by atoms with E-state index in [2.05, 4.69) is 16.4 Å². The molecule has 0 spiro atoms. The van der Waals surface area contributed by atoms with Gasteiger partial charge in [-0.2, -0.15) is 0 Å². The van der Waals surface area contributed by atoms with Crippen LogP contribution < -0.4 is 5.32 Å². The highest BCUT2D eigenvalue weighted by Crippen LogP contribution is 2.22. The number of pyridine rings is 1. The topological polar surface area (TPSA) is 24.9 Å². The van der Waals surface area contributed by atoms with Crippen LogP contribution in [0.25, 0.3) is 0 Å². The highest BCUT2D eigenvalue weighted by Gasteiger charge is 1.98. The summed E-state index contributed by atoms with van der Waals surface area (Å²) in [4.78, 5) is 5.37. The van der Waals surface area contributed by atoms with E-state index in [0.717, 1.165) is 28.6 Å². The van der Waals surface area contributed by atoms with E-state index in [4.69, 9.17) is 0 Å². The number of rotatable bonds is 5. The van der Waals surface area contributed by atoms with Gasteiger partial charge in [0.05, 0.1) is 0 Å². The Kier molecular flexibility index (Phi) is 4.59. The lowest BCUT2D eigenvalue weighted by Crippen LogP contribution is -1.98. The maximum atomic E-state index is 12.7. The molecule has 2 rings (SSSR count). The fraction of sp³-hybridized carbons (Fsp3) is 0.214. The number of benzene rings is 1. The van der Waals surface area contributed by atoms with Crippen molar-refractivity contribution in [3.05, 3.63) is 54.0 Å². The SMILES string of the molecule is CCNc1ccc(CSc2ccc(F)cc2)cn1. The van der Waals surface area contributed by atoms with Crippen molar-refractivity contribution < 1.29 is 4.39 Å². The highest BCUT2D eigenvalue weighted by atomic mass is 32.2. The quantitative estimate of drug-likeness (QED) is 0.826. The van der Waals surface area contributed by atoms with Crippen LogP contribution in [0.4, 0.5) is 10.2 Å². The van der Waals surface area contributed by atoms with E-state index >= 15 is 0 Å². The summed E-state index contributed by atoms with van der Waals surface area (Å²) in [6.45, 7) is 2.91. The van der Waals surface area contributed by atoms with E-state index in [1.807, 2.05) is 19.2 Å². The number of nitrogens with zero attached hydrogens (tertiary/aromatic N) is 1. The molecule has 1 heterocycles. The number of anilines is 1. The predicted molar refractivity (Wildman–Crippen MR) is 74.4 cm³/mol. The van der Waals surface area contributed by atoms with Crippen molar-refractivity contribution in [2.75, 3.05) is 11.9 Å². The van der Waals surface area contributed by atoms with Gasteiger partial charge in [-0.3, -0.25) is 0 Å². The van der Waals surface area contributed by atoms with Crippen LogP contribution in [0, 0.1) is 5.82 Å². The molecule has 0 atom stereocenters. The summed E-state index contributed by atoms with van der Waals surface area (Å²) in [6.07, 6.45) is 1.87. The van der Waals surface area contributed by atoms with Crippen molar-refractivity contribution in [1.29, 1.82) is 0 Å². The minimum atomic E-state index is -0.198. The number of nitrogens with one attached hydrogen (secondary N) is 1. The molecule has 0 amide bonds. The van der Waals surface area contributed by atoms with Crippen molar-refractivity contribution >= 4 is 17.6 Å². The molecule has 2 nitrogen and oxygen atoms in total. The zero-order chi connectivity index (χ0) is 12.8. The van der Waals surface area contributed by atoms with Crippen LogP contribution in [0.15, 0.2) is 47.5 Å². The van der Waals surface area contributed by atoms with Crippen LogP contribution in [0.2, 0.25) is 0 Å². The van der Waals surface area contributed by atoms with E-state index in [1.54, 1.807) is 23.9 Å². The molecule has 94 valence electrons. The van der Waals surface area contributed by atoms with Crippen LogP contribution >= 0.6 is 11.8 Å². The normalized spacial score (nSPS) is 10.3. The van der Waals surface area contributed by atoms with Gasteiger partial charge in [0.1, 0.15) is 11.6 Å². The third-order valence-corrected chi connectivity index (χ3v) is 3.48. The third kappa shape index (κ3) is 3.74. The molecule has 0 saturated carbocycles. The van der Waals surface area contributed by atoms with Gasteiger partial charge in [0.15, 0.2) is 0 Å². The second-order valence-corrected chi connectivity index (χ2v) is 4.87. The van der Waals surface area contributed by atoms with Crippen LogP contribution in [-0.2, 0) is 5.75 Å². The molecule has 0 aliphatic rings. The molecule has 0 bridgehead atoms. The van der Waals surface area contributed by atoms with Gasteiger partial charge in [-0.25, -0.2) is 9.37 Å². The van der Waals surface area contributed by atoms with Gasteiger partial charge in [0.25, 0.3) is 0 Å². The van der Waals surface area contributed by atoms with E-state index < -0.39 is 0 Å². The van der Waals surface area contributed by atoms with Crippen LogP contribution in [0.1, 0.15) is 12.5 Å². The summed E-state index contributed by atoms with van der Waals surface area (Å²) in [7, 11) is 0. The second kappa shape index (κ2) is 6.40. The Morgan fingerprint density at radius 3 is 2.56 bits per heavy atom. The molecule has 4 heteroatoms. The molecule has 1 N–H and O–H groups in total. The van der Waals surface area contributed by atoms with Crippen molar-refractivity contribution in [1.82, 2.24) is 4.98 Å². The fourth-order valence-corrected chi connectivity index (χ4v) is 2.33. The van der Waals surface area contributed by atoms with E-state index in [1.165, 1.54) is 12.1 Å². The molecule has 0 aliphatic carbocycles. The van der Waals surface area contributed by atoms with Gasteiger partial charge in [-0.15, -0.1) is 11.8 Å².